The minimum atomic E-state index is -1.88. The van der Waals surface area contributed by atoms with Crippen LogP contribution in [0, 0.1) is 13.8 Å². The van der Waals surface area contributed by atoms with Gasteiger partial charge in [-0.15, -0.1) is 0 Å². The highest BCUT2D eigenvalue weighted by molar-refractivity contribution is 6.68. The van der Waals surface area contributed by atoms with E-state index in [-0.39, 0.29) is 24.6 Å². The molecule has 3 aromatic carbocycles. The van der Waals surface area contributed by atoms with Gasteiger partial charge >= 0.3 is 6.09 Å². The van der Waals surface area contributed by atoms with Crippen LogP contribution in [0.1, 0.15) is 49.8 Å². The van der Waals surface area contributed by atoms with Crippen molar-refractivity contribution in [2.24, 2.45) is 0 Å². The van der Waals surface area contributed by atoms with Crippen molar-refractivity contribution in [1.29, 1.82) is 0 Å². The molecule has 2 fully saturated rings. The molecule has 10 nitrogen and oxygen atoms in total. The fraction of sp³-hybridized carbons (Fsp3) is 0.463. The Bertz CT molecular complexity index is 1900. The first-order chi connectivity index (χ1) is 26.2. The van der Waals surface area contributed by atoms with Gasteiger partial charge in [-0.05, 0) is 106 Å². The first-order valence-corrected chi connectivity index (χ1v) is 19.9. The van der Waals surface area contributed by atoms with Gasteiger partial charge in [0, 0.05) is 30.8 Å². The second-order valence-corrected chi connectivity index (χ2v) is 17.2. The van der Waals surface area contributed by atoms with Gasteiger partial charge in [0.05, 0.1) is 30.8 Å². The molecule has 1 saturated carbocycles. The van der Waals surface area contributed by atoms with Crippen LogP contribution in [-0.4, -0.2) is 95.9 Å². The number of aryl methyl sites for hydroxylation is 2. The molecule has 0 radical (unpaired) electrons. The van der Waals surface area contributed by atoms with Crippen molar-refractivity contribution in [2.45, 2.75) is 74.5 Å². The number of carbonyl (C=O) groups excluding carboxylic acids is 2. The molecule has 14 heteroatoms. The van der Waals surface area contributed by atoms with Crippen molar-refractivity contribution in [1.82, 2.24) is 15.1 Å². The largest absolute Gasteiger partial charge is 0.497 e. The summed E-state index contributed by atoms with van der Waals surface area (Å²) in [5, 5.41) is 3.99. The van der Waals surface area contributed by atoms with Gasteiger partial charge in [0.1, 0.15) is 42.8 Å². The molecule has 296 valence electrons. The number of rotatable bonds is 14. The number of nitrogens with one attached hydrogen (secondary N) is 1. The number of carbonyl (C=O) groups is 2. The van der Waals surface area contributed by atoms with Crippen LogP contribution in [0.15, 0.2) is 66.2 Å². The fourth-order valence-electron chi connectivity index (χ4n) is 6.82. The van der Waals surface area contributed by atoms with E-state index in [0.29, 0.717) is 72.9 Å². The van der Waals surface area contributed by atoms with E-state index in [1.165, 1.54) is 0 Å². The highest BCUT2D eigenvalue weighted by Gasteiger charge is 2.50. The van der Waals surface area contributed by atoms with E-state index >= 15 is 0 Å². The van der Waals surface area contributed by atoms with Crippen LogP contribution in [0.25, 0.3) is 5.57 Å². The first-order valence-electron chi connectivity index (χ1n) is 18.4. The molecule has 2 bridgehead atoms. The van der Waals surface area contributed by atoms with Crippen LogP contribution >= 0.6 is 46.4 Å². The van der Waals surface area contributed by atoms with Crippen molar-refractivity contribution in [2.75, 3.05) is 46.6 Å². The molecule has 2 unspecified atom stereocenters. The molecule has 3 aliphatic rings. The molecule has 1 aliphatic carbocycles. The van der Waals surface area contributed by atoms with Crippen LogP contribution in [0.2, 0.25) is 5.02 Å². The Kier molecular flexibility index (Phi) is 12.9. The van der Waals surface area contributed by atoms with E-state index in [0.717, 1.165) is 35.1 Å². The van der Waals surface area contributed by atoms with E-state index in [2.05, 4.69) is 5.32 Å². The van der Waals surface area contributed by atoms with E-state index in [9.17, 15) is 9.59 Å². The molecule has 2 heterocycles. The van der Waals surface area contributed by atoms with Crippen molar-refractivity contribution in [3.8, 4) is 23.0 Å². The summed E-state index contributed by atoms with van der Waals surface area (Å²) in [7, 11) is 1.60. The van der Waals surface area contributed by atoms with Crippen molar-refractivity contribution >= 4 is 64.0 Å². The molecule has 2 amide bonds. The maximum Gasteiger partial charge on any atom is 0.411 e. The number of piperazine rings is 1. The van der Waals surface area contributed by atoms with Crippen LogP contribution in [0.3, 0.4) is 0 Å². The summed E-state index contributed by atoms with van der Waals surface area (Å²) in [6.07, 6.45) is 1.52. The highest BCUT2D eigenvalue weighted by Crippen LogP contribution is 2.43. The summed E-state index contributed by atoms with van der Waals surface area (Å²) in [4.78, 5) is 32.4. The van der Waals surface area contributed by atoms with Gasteiger partial charge in [-0.25, -0.2) is 4.79 Å². The Hall–Kier alpha value is -3.54. The Morgan fingerprint density at radius 2 is 1.55 bits per heavy atom. The van der Waals surface area contributed by atoms with Gasteiger partial charge in [-0.3, -0.25) is 9.69 Å². The van der Waals surface area contributed by atoms with Crippen LogP contribution in [0.4, 0.5) is 4.79 Å². The molecule has 0 aromatic heterocycles. The first kappa shape index (κ1) is 41.1. The molecule has 1 N–H and O–H groups in total. The summed E-state index contributed by atoms with van der Waals surface area (Å²) in [5.74, 6) is 2.44. The predicted octanol–water partition coefficient (Wildman–Crippen LogP) is 8.58. The summed E-state index contributed by atoms with van der Waals surface area (Å²) >= 11 is 25.0. The minimum absolute atomic E-state index is 0.0600. The van der Waals surface area contributed by atoms with Crippen molar-refractivity contribution < 1.29 is 33.3 Å². The third-order valence-corrected chi connectivity index (χ3v) is 11.9. The predicted molar refractivity (Wildman–Crippen MR) is 216 cm³/mol. The Balaban J connectivity index is 1.25. The van der Waals surface area contributed by atoms with E-state index < -0.39 is 21.5 Å². The lowest BCUT2D eigenvalue weighted by Gasteiger charge is -2.48. The molecule has 3 aromatic rings. The maximum atomic E-state index is 14.9. The second-order valence-electron chi connectivity index (χ2n) is 14.6. The lowest BCUT2D eigenvalue weighted by Crippen LogP contribution is -2.64. The fourth-order valence-corrected chi connectivity index (χ4v) is 7.21. The standard InChI is InChI=1S/C41H47Cl4N3O7/c1-25-19-34(42)36(20-26(25)2)54-18-17-53-30-13-9-27(10-14-30)33-21-29-23-46-24-35(48(29)39(50)55-40(3,4)41(43,44)45)37(33)38(49)47(28-11-12-28)15-16-52-32-8-6-7-31(22-32)51-5/h6-10,13-14,19-20,22,28-29,35,46H,11-12,15-18,21,23-24H2,1-5H3. The van der Waals surface area contributed by atoms with Gasteiger partial charge in [0.2, 0.25) is 3.79 Å². The summed E-state index contributed by atoms with van der Waals surface area (Å²) in [6.45, 7) is 9.21. The molecule has 55 heavy (non-hydrogen) atoms. The quantitative estimate of drug-likeness (QED) is 0.128. The number of hydrogen-bond donors (Lipinski definition) is 1. The maximum absolute atomic E-state index is 14.9. The van der Waals surface area contributed by atoms with Crippen molar-refractivity contribution in [3.63, 3.8) is 0 Å². The lowest BCUT2D eigenvalue weighted by atomic mass is 9.82. The third-order valence-electron chi connectivity index (χ3n) is 10.3. The number of nitrogens with zero attached hydrogens (tertiary/aromatic N) is 2. The monoisotopic (exact) mass is 833 g/mol. The van der Waals surface area contributed by atoms with Crippen LogP contribution in [0.5, 0.6) is 23.0 Å². The molecular weight excluding hydrogens is 788 g/mol. The number of fused-ring (bicyclic) bond motifs is 2. The number of methoxy groups -OCH3 is 1. The van der Waals surface area contributed by atoms with Crippen molar-refractivity contribution in [3.05, 3.63) is 87.9 Å². The highest BCUT2D eigenvalue weighted by atomic mass is 35.6. The number of benzene rings is 3. The number of ether oxygens (including phenoxy) is 5. The topological polar surface area (TPSA) is 98.8 Å². The Morgan fingerprint density at radius 1 is 0.873 bits per heavy atom. The SMILES string of the molecule is COc1cccc(OCCN(C(=O)C2=C(c3ccc(OCCOc4cc(C)c(C)cc4Cl)cc3)CC3CNCC2N3C(=O)OC(C)(C)C(Cl)(Cl)Cl)C2CC2)c1. The summed E-state index contributed by atoms with van der Waals surface area (Å²) in [5.41, 5.74) is 3.01. The summed E-state index contributed by atoms with van der Waals surface area (Å²) in [6, 6.07) is 17.9. The number of halogens is 4. The zero-order chi connectivity index (χ0) is 39.5. The van der Waals surface area contributed by atoms with Gasteiger partial charge < -0.3 is 33.9 Å². The van der Waals surface area contributed by atoms with E-state index in [1.807, 2.05) is 79.4 Å². The minimum Gasteiger partial charge on any atom is -0.497 e. The van der Waals surface area contributed by atoms with E-state index in [1.54, 1.807) is 25.9 Å². The molecule has 2 atom stereocenters. The van der Waals surface area contributed by atoms with E-state index in [4.69, 9.17) is 70.1 Å². The zero-order valence-corrected chi connectivity index (χ0v) is 34.7. The Labute approximate surface area is 342 Å². The number of amides is 2. The average molecular weight is 836 g/mol. The smallest absolute Gasteiger partial charge is 0.411 e. The molecule has 2 aliphatic heterocycles. The van der Waals surface area contributed by atoms with Gasteiger partial charge in [-0.2, -0.15) is 0 Å². The van der Waals surface area contributed by atoms with Gasteiger partial charge in [0.25, 0.3) is 5.91 Å². The molecule has 1 saturated heterocycles. The van der Waals surface area contributed by atoms with Gasteiger partial charge in [-0.1, -0.05) is 64.6 Å². The number of alkyl halides is 3. The average Bonchev–Trinajstić information content (AvgIpc) is 3.98. The van der Waals surface area contributed by atoms with Crippen LogP contribution < -0.4 is 24.3 Å². The Morgan fingerprint density at radius 3 is 2.24 bits per heavy atom. The summed E-state index contributed by atoms with van der Waals surface area (Å²) < 4.78 is 27.3. The third kappa shape index (κ3) is 9.71. The second kappa shape index (κ2) is 17.3. The van der Waals surface area contributed by atoms with Crippen LogP contribution in [-0.2, 0) is 9.53 Å². The molecule has 6 rings (SSSR count). The zero-order valence-electron chi connectivity index (χ0n) is 31.6. The normalized spacial score (nSPS) is 18.5. The number of hydrogen-bond acceptors (Lipinski definition) is 8. The van der Waals surface area contributed by atoms with Gasteiger partial charge in [0.15, 0.2) is 5.60 Å². The molecular formula is C41H47Cl4N3O7. The lowest BCUT2D eigenvalue weighted by molar-refractivity contribution is -0.129. The molecule has 0 spiro atoms.